The van der Waals surface area contributed by atoms with E-state index in [9.17, 15) is 4.79 Å². The second-order valence-electron chi connectivity index (χ2n) is 4.06. The molecule has 0 aliphatic heterocycles. The number of carboxylic acid groups (broad SMARTS) is 1. The Morgan fingerprint density at radius 1 is 1.10 bits per heavy atom. The second-order valence-corrected chi connectivity index (χ2v) is 4.83. The summed E-state index contributed by atoms with van der Waals surface area (Å²) in [6, 6.07) is 7.99. The van der Waals surface area contributed by atoms with Crippen LogP contribution >= 0.6 is 23.2 Å². The summed E-state index contributed by atoms with van der Waals surface area (Å²) in [7, 11) is 0. The minimum atomic E-state index is -0.989. The van der Waals surface area contributed by atoms with E-state index in [0.717, 1.165) is 5.69 Å². The minimum absolute atomic E-state index is 0.169. The van der Waals surface area contributed by atoms with Gasteiger partial charge in [-0.3, -0.25) is 0 Å². The predicted molar refractivity (Wildman–Crippen MR) is 79.6 cm³/mol. The SMILES string of the molecule is Cc1cc(C#N)cc(Cl)n1.Cc1cc(C(=O)O)cc(Cl)n1. The number of rotatable bonds is 1. The van der Waals surface area contributed by atoms with E-state index in [1.807, 2.05) is 6.07 Å². The quantitative estimate of drug-likeness (QED) is 0.809. The van der Waals surface area contributed by atoms with E-state index in [4.69, 9.17) is 33.6 Å². The van der Waals surface area contributed by atoms with Crippen LogP contribution in [0.1, 0.15) is 27.3 Å². The smallest absolute Gasteiger partial charge is 0.335 e. The summed E-state index contributed by atoms with van der Waals surface area (Å²) >= 11 is 11.1. The van der Waals surface area contributed by atoms with Crippen LogP contribution in [0.2, 0.25) is 10.3 Å². The Labute approximate surface area is 131 Å². The minimum Gasteiger partial charge on any atom is -0.478 e. The topological polar surface area (TPSA) is 86.9 Å². The lowest BCUT2D eigenvalue weighted by Crippen LogP contribution is -1.97. The van der Waals surface area contributed by atoms with Crippen molar-refractivity contribution in [1.82, 2.24) is 9.97 Å². The summed E-state index contributed by atoms with van der Waals surface area (Å²) in [6.45, 7) is 3.49. The molecule has 2 heterocycles. The van der Waals surface area contributed by atoms with Gasteiger partial charge in [0.15, 0.2) is 0 Å². The highest BCUT2D eigenvalue weighted by Gasteiger charge is 2.04. The van der Waals surface area contributed by atoms with Crippen molar-refractivity contribution in [2.75, 3.05) is 0 Å². The molecule has 21 heavy (non-hydrogen) atoms. The first kappa shape index (κ1) is 16.9. The van der Waals surface area contributed by atoms with Crippen LogP contribution in [0.4, 0.5) is 0 Å². The lowest BCUT2D eigenvalue weighted by atomic mass is 10.2. The zero-order chi connectivity index (χ0) is 16.0. The monoisotopic (exact) mass is 323 g/mol. The molecule has 0 amide bonds. The first-order chi connectivity index (χ1) is 9.81. The Morgan fingerprint density at radius 3 is 2.05 bits per heavy atom. The van der Waals surface area contributed by atoms with Crippen molar-refractivity contribution < 1.29 is 9.90 Å². The van der Waals surface area contributed by atoms with E-state index in [-0.39, 0.29) is 10.7 Å². The van der Waals surface area contributed by atoms with E-state index in [0.29, 0.717) is 16.4 Å². The molecule has 2 aromatic heterocycles. The largest absolute Gasteiger partial charge is 0.478 e. The molecule has 0 aliphatic carbocycles. The molecule has 0 saturated heterocycles. The standard InChI is InChI=1S/C7H5ClN2.C7H6ClNO2/c1-5-2-6(4-9)3-7(8)10-5;1-4-2-5(7(10)11)3-6(8)9-4/h2-3H,1H3;2-3H,1H3,(H,10,11). The molecular formula is C14H11Cl2N3O2. The number of aromatic nitrogens is 2. The third-order valence-corrected chi connectivity index (χ3v) is 2.61. The van der Waals surface area contributed by atoms with E-state index in [2.05, 4.69) is 9.97 Å². The summed E-state index contributed by atoms with van der Waals surface area (Å²) in [5, 5.41) is 17.6. The average Bonchev–Trinajstić information content (AvgIpc) is 2.37. The number of aromatic carboxylic acids is 1. The molecule has 2 aromatic rings. The molecule has 0 aromatic carbocycles. The Kier molecular flexibility index (Phi) is 6.10. The zero-order valence-electron chi connectivity index (χ0n) is 11.3. The Hall–Kier alpha value is -2.16. The van der Waals surface area contributed by atoms with Crippen molar-refractivity contribution in [2.45, 2.75) is 13.8 Å². The molecule has 0 atom stereocenters. The normalized spacial score (nSPS) is 9.29. The summed E-state index contributed by atoms with van der Waals surface area (Å²) in [6.07, 6.45) is 0. The fourth-order valence-electron chi connectivity index (χ4n) is 1.44. The fraction of sp³-hybridized carbons (Fsp3) is 0.143. The van der Waals surface area contributed by atoms with Crippen molar-refractivity contribution in [1.29, 1.82) is 5.26 Å². The number of carbonyl (C=O) groups is 1. The van der Waals surface area contributed by atoms with Gasteiger partial charge >= 0.3 is 5.97 Å². The summed E-state index contributed by atoms with van der Waals surface area (Å²) < 4.78 is 0. The molecule has 0 radical (unpaired) electrons. The molecule has 1 N–H and O–H groups in total. The number of carboxylic acids is 1. The van der Waals surface area contributed by atoms with Gasteiger partial charge in [-0.25, -0.2) is 14.8 Å². The summed E-state index contributed by atoms with van der Waals surface area (Å²) in [5.41, 5.74) is 2.10. The molecule has 0 aliphatic rings. The maximum Gasteiger partial charge on any atom is 0.335 e. The number of hydrogen-bond acceptors (Lipinski definition) is 4. The summed E-state index contributed by atoms with van der Waals surface area (Å²) in [4.78, 5) is 18.1. The highest BCUT2D eigenvalue weighted by Crippen LogP contribution is 2.10. The van der Waals surface area contributed by atoms with Gasteiger partial charge < -0.3 is 5.11 Å². The highest BCUT2D eigenvalue weighted by molar-refractivity contribution is 6.29. The van der Waals surface area contributed by atoms with E-state index in [1.165, 1.54) is 18.2 Å². The number of nitrogens with zero attached hydrogens (tertiary/aromatic N) is 3. The maximum absolute atomic E-state index is 10.4. The van der Waals surface area contributed by atoms with Gasteiger partial charge in [0.25, 0.3) is 0 Å². The molecule has 0 fully saturated rings. The lowest BCUT2D eigenvalue weighted by Gasteiger charge is -1.96. The molecule has 0 bridgehead atoms. The van der Waals surface area contributed by atoms with Gasteiger partial charge in [0.05, 0.1) is 17.2 Å². The van der Waals surface area contributed by atoms with Gasteiger partial charge in [0.2, 0.25) is 0 Å². The fourth-order valence-corrected chi connectivity index (χ4v) is 1.95. The highest BCUT2D eigenvalue weighted by atomic mass is 35.5. The van der Waals surface area contributed by atoms with Crippen LogP contribution in [-0.4, -0.2) is 21.0 Å². The van der Waals surface area contributed by atoms with Gasteiger partial charge in [-0.2, -0.15) is 5.26 Å². The Morgan fingerprint density at radius 2 is 1.62 bits per heavy atom. The number of halogens is 2. The lowest BCUT2D eigenvalue weighted by molar-refractivity contribution is 0.0696. The molecule has 0 unspecified atom stereocenters. The van der Waals surface area contributed by atoms with E-state index in [1.54, 1.807) is 19.9 Å². The molecule has 0 spiro atoms. The van der Waals surface area contributed by atoms with Crippen LogP contribution < -0.4 is 0 Å². The molecular weight excluding hydrogens is 313 g/mol. The first-order valence-electron chi connectivity index (χ1n) is 5.73. The van der Waals surface area contributed by atoms with Crippen LogP contribution in [-0.2, 0) is 0 Å². The summed E-state index contributed by atoms with van der Waals surface area (Å²) in [5.74, 6) is -0.989. The van der Waals surface area contributed by atoms with Gasteiger partial charge in [-0.1, -0.05) is 23.2 Å². The average molecular weight is 324 g/mol. The first-order valence-corrected chi connectivity index (χ1v) is 6.49. The molecule has 5 nitrogen and oxygen atoms in total. The van der Waals surface area contributed by atoms with Gasteiger partial charge in [-0.15, -0.1) is 0 Å². The van der Waals surface area contributed by atoms with Crippen LogP contribution in [0.25, 0.3) is 0 Å². The molecule has 7 heteroatoms. The van der Waals surface area contributed by atoms with Crippen molar-refractivity contribution in [2.24, 2.45) is 0 Å². The number of hydrogen-bond donors (Lipinski definition) is 1. The van der Waals surface area contributed by atoms with Crippen LogP contribution in [0.15, 0.2) is 24.3 Å². The number of aryl methyl sites for hydroxylation is 2. The van der Waals surface area contributed by atoms with Gasteiger partial charge in [0.1, 0.15) is 10.3 Å². The molecule has 0 saturated carbocycles. The van der Waals surface area contributed by atoms with Gasteiger partial charge in [-0.05, 0) is 38.1 Å². The van der Waals surface area contributed by atoms with Crippen molar-refractivity contribution in [3.05, 3.63) is 57.1 Å². The second kappa shape index (κ2) is 7.58. The maximum atomic E-state index is 10.4. The molecule has 108 valence electrons. The zero-order valence-corrected chi connectivity index (χ0v) is 12.8. The van der Waals surface area contributed by atoms with Crippen LogP contribution in [0.5, 0.6) is 0 Å². The Balaban J connectivity index is 0.000000211. The number of nitriles is 1. The van der Waals surface area contributed by atoms with Crippen LogP contribution in [0, 0.1) is 25.2 Å². The predicted octanol–water partition coefficient (Wildman–Crippen LogP) is 3.66. The van der Waals surface area contributed by atoms with Gasteiger partial charge in [0, 0.05) is 11.4 Å². The van der Waals surface area contributed by atoms with Crippen LogP contribution in [0.3, 0.4) is 0 Å². The Bertz CT molecular complexity index is 671. The third kappa shape index (κ3) is 5.78. The number of pyridine rings is 2. The van der Waals surface area contributed by atoms with Crippen molar-refractivity contribution in [3.63, 3.8) is 0 Å². The van der Waals surface area contributed by atoms with Crippen molar-refractivity contribution >= 4 is 29.2 Å². The van der Waals surface area contributed by atoms with Crippen molar-refractivity contribution in [3.8, 4) is 6.07 Å². The van der Waals surface area contributed by atoms with E-state index >= 15 is 0 Å². The van der Waals surface area contributed by atoms with E-state index < -0.39 is 5.97 Å². The third-order valence-electron chi connectivity index (χ3n) is 2.22. The molecule has 2 rings (SSSR count).